The van der Waals surface area contributed by atoms with Crippen molar-refractivity contribution < 1.29 is 14.8 Å². The molecule has 0 radical (unpaired) electrons. The summed E-state index contributed by atoms with van der Waals surface area (Å²) in [7, 11) is 0. The van der Waals surface area contributed by atoms with Crippen LogP contribution in [0.2, 0.25) is 0 Å². The highest BCUT2D eigenvalue weighted by Crippen LogP contribution is 2.14. The van der Waals surface area contributed by atoms with Gasteiger partial charge in [0.25, 0.3) is 0 Å². The number of nitro groups is 1. The maximum atomic E-state index is 10.7. The number of nitrogens with one attached hydrogen (secondary N) is 1. The van der Waals surface area contributed by atoms with Crippen molar-refractivity contribution in [1.82, 2.24) is 0 Å². The Morgan fingerprint density at radius 3 is 2.73 bits per heavy atom. The van der Waals surface area contributed by atoms with E-state index in [0.29, 0.717) is 11.9 Å². The van der Waals surface area contributed by atoms with Crippen LogP contribution >= 0.6 is 0 Å². The number of anilines is 1. The summed E-state index contributed by atoms with van der Waals surface area (Å²) in [6.45, 7) is 0. The first kappa shape index (κ1) is 10.7. The van der Waals surface area contributed by atoms with E-state index >= 15 is 0 Å². The second kappa shape index (κ2) is 4.75. The van der Waals surface area contributed by atoms with Gasteiger partial charge in [-0.05, 0) is 12.1 Å². The Morgan fingerprint density at radius 2 is 2.13 bits per heavy atom. The monoisotopic (exact) mass is 208 g/mol. The quantitative estimate of drug-likeness (QED) is 0.578. The van der Waals surface area contributed by atoms with Crippen molar-refractivity contribution in [3.8, 4) is 0 Å². The van der Waals surface area contributed by atoms with E-state index < -0.39 is 10.9 Å². The molecule has 6 nitrogen and oxygen atoms in total. The lowest BCUT2D eigenvalue weighted by atomic mass is 10.2. The summed E-state index contributed by atoms with van der Waals surface area (Å²) in [6.07, 6.45) is 1.76. The Balaban J connectivity index is 2.85. The molecular formula is C9H8N2O4. The van der Waals surface area contributed by atoms with Crippen LogP contribution in [0.15, 0.2) is 36.7 Å². The van der Waals surface area contributed by atoms with Crippen LogP contribution in [0.25, 0.3) is 0 Å². The van der Waals surface area contributed by atoms with E-state index in [4.69, 9.17) is 5.11 Å². The molecule has 0 saturated heterocycles. The second-order valence-corrected chi connectivity index (χ2v) is 2.60. The van der Waals surface area contributed by atoms with Crippen molar-refractivity contribution in [1.29, 1.82) is 0 Å². The third-order valence-electron chi connectivity index (χ3n) is 1.59. The number of hydrogen-bond acceptors (Lipinski definition) is 4. The predicted molar refractivity (Wildman–Crippen MR) is 53.2 cm³/mol. The largest absolute Gasteiger partial charge is 0.478 e. The van der Waals surface area contributed by atoms with E-state index in [0.717, 1.165) is 6.20 Å². The molecule has 78 valence electrons. The fourth-order valence-corrected chi connectivity index (χ4v) is 0.983. The summed E-state index contributed by atoms with van der Waals surface area (Å²) in [6, 6.07) is 6.14. The summed E-state index contributed by atoms with van der Waals surface area (Å²) in [5.41, 5.74) is 0.369. The highest BCUT2D eigenvalue weighted by Gasteiger charge is 2.07. The average molecular weight is 208 g/mol. The van der Waals surface area contributed by atoms with Crippen LogP contribution in [0.5, 0.6) is 0 Å². The molecule has 0 aliphatic heterocycles. The fraction of sp³-hybridized carbons (Fsp3) is 0. The van der Waals surface area contributed by atoms with Gasteiger partial charge in [0.05, 0.1) is 22.4 Å². The second-order valence-electron chi connectivity index (χ2n) is 2.60. The molecule has 0 aliphatic carbocycles. The van der Waals surface area contributed by atoms with Crippen LogP contribution in [0.3, 0.4) is 0 Å². The zero-order valence-electron chi connectivity index (χ0n) is 7.58. The molecule has 1 aromatic carbocycles. The van der Waals surface area contributed by atoms with Gasteiger partial charge in [0.15, 0.2) is 0 Å². The number of carboxylic acid groups (broad SMARTS) is 1. The molecule has 0 unspecified atom stereocenters. The Kier molecular flexibility index (Phi) is 3.39. The number of carboxylic acids is 1. The lowest BCUT2D eigenvalue weighted by molar-refractivity contribution is -0.402. The van der Waals surface area contributed by atoms with Crippen molar-refractivity contribution in [2.24, 2.45) is 0 Å². The van der Waals surface area contributed by atoms with Gasteiger partial charge in [-0.3, -0.25) is 10.1 Å². The number of hydrogen-bond donors (Lipinski definition) is 2. The first-order chi connectivity index (χ1) is 7.11. The van der Waals surface area contributed by atoms with E-state index in [1.807, 2.05) is 0 Å². The van der Waals surface area contributed by atoms with Gasteiger partial charge in [-0.2, -0.15) is 0 Å². The number of rotatable bonds is 4. The molecule has 0 saturated carbocycles. The normalized spacial score (nSPS) is 10.1. The third-order valence-corrected chi connectivity index (χ3v) is 1.59. The Morgan fingerprint density at radius 1 is 1.47 bits per heavy atom. The highest BCUT2D eigenvalue weighted by atomic mass is 16.6. The third kappa shape index (κ3) is 3.11. The molecule has 0 amide bonds. The van der Waals surface area contributed by atoms with Gasteiger partial charge >= 0.3 is 5.97 Å². The molecule has 0 fully saturated rings. The highest BCUT2D eigenvalue weighted by molar-refractivity contribution is 5.94. The molecule has 0 atom stereocenters. The van der Waals surface area contributed by atoms with Gasteiger partial charge in [-0.1, -0.05) is 12.1 Å². The first-order valence-electron chi connectivity index (χ1n) is 4.00. The summed E-state index contributed by atoms with van der Waals surface area (Å²) >= 11 is 0. The standard InChI is InChI=1S/C9H8N2O4/c12-9(13)7-3-1-2-4-8(7)10-5-6-11(14)15/h1-6,10H,(H,12,13). The van der Waals surface area contributed by atoms with Crippen molar-refractivity contribution in [2.45, 2.75) is 0 Å². The summed E-state index contributed by atoms with van der Waals surface area (Å²) in [5, 5.41) is 21.3. The fourth-order valence-electron chi connectivity index (χ4n) is 0.983. The molecule has 6 heteroatoms. The topological polar surface area (TPSA) is 92.5 Å². The number of para-hydroxylation sites is 1. The number of aromatic carboxylic acids is 1. The van der Waals surface area contributed by atoms with Gasteiger partial charge in [0.1, 0.15) is 0 Å². The smallest absolute Gasteiger partial charge is 0.337 e. The van der Waals surface area contributed by atoms with E-state index in [1.54, 1.807) is 12.1 Å². The molecule has 0 aliphatic rings. The molecular weight excluding hydrogens is 200 g/mol. The van der Waals surface area contributed by atoms with Crippen LogP contribution < -0.4 is 5.32 Å². The summed E-state index contributed by atoms with van der Waals surface area (Å²) in [4.78, 5) is 20.0. The van der Waals surface area contributed by atoms with Crippen LogP contribution in [0, 0.1) is 10.1 Å². The van der Waals surface area contributed by atoms with Crippen LogP contribution in [0.1, 0.15) is 10.4 Å². The lowest BCUT2D eigenvalue weighted by Gasteiger charge is -2.03. The number of benzene rings is 1. The Hall–Kier alpha value is -2.37. The van der Waals surface area contributed by atoms with Crippen molar-refractivity contribution in [3.63, 3.8) is 0 Å². The van der Waals surface area contributed by atoms with Crippen LogP contribution in [-0.2, 0) is 0 Å². The molecule has 0 bridgehead atoms. The molecule has 1 rings (SSSR count). The van der Waals surface area contributed by atoms with Gasteiger partial charge < -0.3 is 10.4 Å². The van der Waals surface area contributed by atoms with Crippen LogP contribution in [-0.4, -0.2) is 16.0 Å². The predicted octanol–water partition coefficient (Wildman–Crippen LogP) is 1.54. The van der Waals surface area contributed by atoms with Gasteiger partial charge in [-0.15, -0.1) is 0 Å². The van der Waals surface area contributed by atoms with Crippen LogP contribution in [0.4, 0.5) is 5.69 Å². The van der Waals surface area contributed by atoms with E-state index in [2.05, 4.69) is 5.32 Å². The Bertz CT molecular complexity index is 414. The number of carbonyl (C=O) groups is 1. The van der Waals surface area contributed by atoms with Crippen molar-refractivity contribution in [3.05, 3.63) is 52.3 Å². The maximum absolute atomic E-state index is 10.7. The zero-order chi connectivity index (χ0) is 11.3. The van der Waals surface area contributed by atoms with E-state index in [-0.39, 0.29) is 5.56 Å². The van der Waals surface area contributed by atoms with E-state index in [1.165, 1.54) is 12.1 Å². The zero-order valence-corrected chi connectivity index (χ0v) is 7.58. The maximum Gasteiger partial charge on any atom is 0.337 e. The van der Waals surface area contributed by atoms with E-state index in [9.17, 15) is 14.9 Å². The lowest BCUT2D eigenvalue weighted by Crippen LogP contribution is -2.01. The summed E-state index contributed by atoms with van der Waals surface area (Å²) in [5.74, 6) is -1.09. The molecule has 0 heterocycles. The van der Waals surface area contributed by atoms with Gasteiger partial charge in [0, 0.05) is 0 Å². The molecule has 1 aromatic rings. The minimum atomic E-state index is -1.09. The summed E-state index contributed by atoms with van der Waals surface area (Å²) < 4.78 is 0. The minimum absolute atomic E-state index is 0.0606. The van der Waals surface area contributed by atoms with Crippen molar-refractivity contribution >= 4 is 11.7 Å². The van der Waals surface area contributed by atoms with Crippen molar-refractivity contribution in [2.75, 3.05) is 5.32 Å². The molecule has 15 heavy (non-hydrogen) atoms. The van der Waals surface area contributed by atoms with Gasteiger partial charge in [-0.25, -0.2) is 4.79 Å². The SMILES string of the molecule is O=C(O)c1ccccc1NC=C[N+](=O)[O-]. The molecule has 2 N–H and O–H groups in total. The molecule has 0 aromatic heterocycles. The molecule has 0 spiro atoms. The average Bonchev–Trinajstić information content (AvgIpc) is 2.17. The number of nitrogens with zero attached hydrogens (tertiary/aromatic N) is 1. The Labute approximate surface area is 85.0 Å². The van der Waals surface area contributed by atoms with Gasteiger partial charge in [0.2, 0.25) is 6.20 Å². The first-order valence-corrected chi connectivity index (χ1v) is 4.00. The minimum Gasteiger partial charge on any atom is -0.478 e.